The van der Waals surface area contributed by atoms with Crippen LogP contribution in [0.3, 0.4) is 0 Å². The average molecular weight is 173 g/mol. The van der Waals surface area contributed by atoms with E-state index in [-0.39, 0.29) is 12.0 Å². The zero-order valence-corrected chi connectivity index (χ0v) is 7.58. The molecule has 0 unspecified atom stereocenters. The third-order valence-electron chi connectivity index (χ3n) is 2.14. The Hall–Kier alpha value is -0.610. The zero-order chi connectivity index (χ0) is 8.97. The van der Waals surface area contributed by atoms with Crippen LogP contribution in [0.25, 0.3) is 0 Å². The number of hydrogen-bond donors (Lipinski definition) is 0. The largest absolute Gasteiger partial charge is 0.468 e. The van der Waals surface area contributed by atoms with Crippen LogP contribution in [0.4, 0.5) is 0 Å². The number of hydrogen-bond acceptors (Lipinski definition) is 4. The molecule has 0 N–H and O–H groups in total. The Kier molecular flexibility index (Phi) is 3.49. The monoisotopic (exact) mass is 173 g/mol. The zero-order valence-electron chi connectivity index (χ0n) is 7.58. The van der Waals surface area contributed by atoms with Gasteiger partial charge in [-0.1, -0.05) is 0 Å². The highest BCUT2D eigenvalue weighted by atomic mass is 16.5. The number of carbonyl (C=O) groups excluding carboxylic acids is 1. The number of nitrogens with zero attached hydrogens (tertiary/aromatic N) is 1. The minimum atomic E-state index is -0.170. The van der Waals surface area contributed by atoms with E-state index in [1.54, 1.807) is 0 Å². The van der Waals surface area contributed by atoms with Gasteiger partial charge in [-0.05, 0) is 6.92 Å². The maximum atomic E-state index is 11.1. The Balaban J connectivity index is 2.39. The van der Waals surface area contributed by atoms with E-state index in [9.17, 15) is 4.79 Å². The van der Waals surface area contributed by atoms with Crippen molar-refractivity contribution in [3.8, 4) is 0 Å². The SMILES string of the molecule is COC(=O)[C@@H](C)N1CCOCC1. The van der Waals surface area contributed by atoms with Crippen LogP contribution in [0.1, 0.15) is 6.92 Å². The van der Waals surface area contributed by atoms with Crippen molar-refractivity contribution >= 4 is 5.97 Å². The van der Waals surface area contributed by atoms with Crippen LogP contribution >= 0.6 is 0 Å². The highest BCUT2D eigenvalue weighted by Gasteiger charge is 2.23. The van der Waals surface area contributed by atoms with Gasteiger partial charge >= 0.3 is 5.97 Å². The summed E-state index contributed by atoms with van der Waals surface area (Å²) >= 11 is 0. The molecule has 1 fully saturated rings. The molecule has 0 bridgehead atoms. The summed E-state index contributed by atoms with van der Waals surface area (Å²) in [7, 11) is 1.42. The molecule has 0 aliphatic carbocycles. The summed E-state index contributed by atoms with van der Waals surface area (Å²) in [6.07, 6.45) is 0. The summed E-state index contributed by atoms with van der Waals surface area (Å²) < 4.78 is 9.81. The first-order valence-corrected chi connectivity index (χ1v) is 4.15. The summed E-state index contributed by atoms with van der Waals surface area (Å²) in [5.41, 5.74) is 0. The van der Waals surface area contributed by atoms with Crippen LogP contribution in [-0.4, -0.2) is 50.3 Å². The van der Waals surface area contributed by atoms with Crippen molar-refractivity contribution < 1.29 is 14.3 Å². The van der Waals surface area contributed by atoms with Crippen molar-refractivity contribution in [2.75, 3.05) is 33.4 Å². The Morgan fingerprint density at radius 3 is 2.58 bits per heavy atom. The van der Waals surface area contributed by atoms with Crippen LogP contribution in [0.15, 0.2) is 0 Å². The smallest absolute Gasteiger partial charge is 0.322 e. The van der Waals surface area contributed by atoms with Gasteiger partial charge in [-0.2, -0.15) is 0 Å². The standard InChI is InChI=1S/C8H15NO3/c1-7(8(10)11-2)9-3-5-12-6-4-9/h7H,3-6H2,1-2H3/t7-/m1/s1. The molecule has 0 spiro atoms. The lowest BCUT2D eigenvalue weighted by Crippen LogP contribution is -2.46. The van der Waals surface area contributed by atoms with Gasteiger partial charge in [0.1, 0.15) is 6.04 Å². The number of morpholine rings is 1. The van der Waals surface area contributed by atoms with Gasteiger partial charge in [-0.25, -0.2) is 0 Å². The van der Waals surface area contributed by atoms with Gasteiger partial charge < -0.3 is 9.47 Å². The molecular formula is C8H15NO3. The predicted molar refractivity (Wildman–Crippen MR) is 43.9 cm³/mol. The Labute approximate surface area is 72.4 Å². The van der Waals surface area contributed by atoms with Crippen LogP contribution in [0.5, 0.6) is 0 Å². The molecule has 4 nitrogen and oxygen atoms in total. The number of carbonyl (C=O) groups is 1. The van der Waals surface area contributed by atoms with Crippen molar-refractivity contribution in [3.05, 3.63) is 0 Å². The van der Waals surface area contributed by atoms with Gasteiger partial charge in [-0.3, -0.25) is 9.69 Å². The van der Waals surface area contributed by atoms with Gasteiger partial charge in [0.05, 0.1) is 20.3 Å². The van der Waals surface area contributed by atoms with E-state index in [0.717, 1.165) is 13.1 Å². The van der Waals surface area contributed by atoms with E-state index in [0.29, 0.717) is 13.2 Å². The molecular weight excluding hydrogens is 158 g/mol. The Morgan fingerprint density at radius 2 is 2.08 bits per heavy atom. The molecule has 70 valence electrons. The fraction of sp³-hybridized carbons (Fsp3) is 0.875. The third kappa shape index (κ3) is 2.19. The molecule has 1 aliphatic heterocycles. The lowest BCUT2D eigenvalue weighted by molar-refractivity contribution is -0.147. The second-order valence-corrected chi connectivity index (χ2v) is 2.85. The van der Waals surface area contributed by atoms with E-state index in [2.05, 4.69) is 9.64 Å². The van der Waals surface area contributed by atoms with Crippen LogP contribution in [0.2, 0.25) is 0 Å². The van der Waals surface area contributed by atoms with Gasteiger partial charge in [0.2, 0.25) is 0 Å². The van der Waals surface area contributed by atoms with Gasteiger partial charge in [0, 0.05) is 13.1 Å². The fourth-order valence-electron chi connectivity index (χ4n) is 1.28. The summed E-state index contributed by atoms with van der Waals surface area (Å²) in [5.74, 6) is -0.170. The predicted octanol–water partition coefficient (Wildman–Crippen LogP) is -0.120. The summed E-state index contributed by atoms with van der Waals surface area (Å²) in [4.78, 5) is 13.2. The molecule has 1 atom stereocenters. The van der Waals surface area contributed by atoms with Crippen molar-refractivity contribution in [1.29, 1.82) is 0 Å². The molecule has 1 heterocycles. The maximum Gasteiger partial charge on any atom is 0.322 e. The molecule has 1 rings (SSSR count). The fourth-order valence-corrected chi connectivity index (χ4v) is 1.28. The maximum absolute atomic E-state index is 11.1. The van der Waals surface area contributed by atoms with Crippen molar-refractivity contribution in [2.24, 2.45) is 0 Å². The lowest BCUT2D eigenvalue weighted by atomic mass is 10.2. The minimum Gasteiger partial charge on any atom is -0.468 e. The highest BCUT2D eigenvalue weighted by Crippen LogP contribution is 2.04. The summed E-state index contributed by atoms with van der Waals surface area (Å²) in [6.45, 7) is 4.91. The minimum absolute atomic E-state index is 0.140. The molecule has 1 aliphatic rings. The number of esters is 1. The molecule has 0 amide bonds. The van der Waals surface area contributed by atoms with Gasteiger partial charge in [0.25, 0.3) is 0 Å². The van der Waals surface area contributed by atoms with Crippen molar-refractivity contribution in [2.45, 2.75) is 13.0 Å². The van der Waals surface area contributed by atoms with E-state index >= 15 is 0 Å². The lowest BCUT2D eigenvalue weighted by Gasteiger charge is -2.30. The number of methoxy groups -OCH3 is 1. The normalized spacial score (nSPS) is 21.8. The first-order chi connectivity index (χ1) is 5.75. The van der Waals surface area contributed by atoms with Crippen molar-refractivity contribution in [3.63, 3.8) is 0 Å². The molecule has 12 heavy (non-hydrogen) atoms. The topological polar surface area (TPSA) is 38.8 Å². The number of rotatable bonds is 2. The summed E-state index contributed by atoms with van der Waals surface area (Å²) in [5, 5.41) is 0. The van der Waals surface area contributed by atoms with Gasteiger partial charge in [0.15, 0.2) is 0 Å². The van der Waals surface area contributed by atoms with Crippen molar-refractivity contribution in [1.82, 2.24) is 4.90 Å². The molecule has 0 radical (unpaired) electrons. The van der Waals surface area contributed by atoms with Crippen LogP contribution in [-0.2, 0) is 14.3 Å². The Bertz CT molecular complexity index is 154. The van der Waals surface area contributed by atoms with E-state index in [1.807, 2.05) is 6.92 Å². The first-order valence-electron chi connectivity index (χ1n) is 4.15. The Morgan fingerprint density at radius 1 is 1.50 bits per heavy atom. The van der Waals surface area contributed by atoms with E-state index < -0.39 is 0 Å². The van der Waals surface area contributed by atoms with Crippen LogP contribution in [0, 0.1) is 0 Å². The molecule has 0 aromatic rings. The molecule has 0 saturated carbocycles. The second-order valence-electron chi connectivity index (χ2n) is 2.85. The number of ether oxygens (including phenoxy) is 2. The van der Waals surface area contributed by atoms with Crippen LogP contribution < -0.4 is 0 Å². The third-order valence-corrected chi connectivity index (χ3v) is 2.14. The second kappa shape index (κ2) is 4.42. The average Bonchev–Trinajstić information content (AvgIpc) is 2.17. The first kappa shape index (κ1) is 9.48. The van der Waals surface area contributed by atoms with Gasteiger partial charge in [-0.15, -0.1) is 0 Å². The molecule has 0 aromatic carbocycles. The summed E-state index contributed by atoms with van der Waals surface area (Å²) in [6, 6.07) is -0.140. The van der Waals surface area contributed by atoms with E-state index in [4.69, 9.17) is 4.74 Å². The highest BCUT2D eigenvalue weighted by molar-refractivity contribution is 5.75. The molecule has 4 heteroatoms. The quantitative estimate of drug-likeness (QED) is 0.546. The molecule has 1 saturated heterocycles. The van der Waals surface area contributed by atoms with E-state index in [1.165, 1.54) is 7.11 Å². The molecule has 0 aromatic heterocycles.